The van der Waals surface area contributed by atoms with Crippen LogP contribution < -0.4 is 10.1 Å². The number of halogens is 1. The predicted molar refractivity (Wildman–Crippen MR) is 115 cm³/mol. The number of hydrogen-bond acceptors (Lipinski definition) is 4. The Morgan fingerprint density at radius 1 is 1.10 bits per heavy atom. The topological polar surface area (TPSA) is 75.7 Å². The van der Waals surface area contributed by atoms with Crippen LogP contribution in [0.2, 0.25) is 5.02 Å². The van der Waals surface area contributed by atoms with Crippen molar-refractivity contribution in [3.05, 3.63) is 64.7 Å². The van der Waals surface area contributed by atoms with Crippen LogP contribution in [0.4, 0.5) is 0 Å². The van der Waals surface area contributed by atoms with Gasteiger partial charge in [0.2, 0.25) is 5.91 Å². The van der Waals surface area contributed by atoms with E-state index in [9.17, 15) is 14.4 Å². The number of esters is 1. The number of rotatable bonds is 6. The Morgan fingerprint density at radius 2 is 1.80 bits per heavy atom. The predicted octanol–water partition coefficient (Wildman–Crippen LogP) is 3.48. The summed E-state index contributed by atoms with van der Waals surface area (Å²) in [7, 11) is 0. The van der Waals surface area contributed by atoms with Gasteiger partial charge in [0, 0.05) is 37.1 Å². The third-order valence-electron chi connectivity index (χ3n) is 5.11. The second-order valence-corrected chi connectivity index (χ2v) is 7.90. The molecule has 0 atom stereocenters. The van der Waals surface area contributed by atoms with Crippen molar-refractivity contribution >= 4 is 29.4 Å². The van der Waals surface area contributed by atoms with Crippen LogP contribution in [0.5, 0.6) is 5.75 Å². The van der Waals surface area contributed by atoms with Gasteiger partial charge in [0.1, 0.15) is 5.75 Å². The number of ether oxygens (including phenoxy) is 1. The first kappa shape index (κ1) is 21.8. The molecule has 0 aromatic heterocycles. The van der Waals surface area contributed by atoms with Crippen molar-refractivity contribution in [1.29, 1.82) is 0 Å². The molecule has 1 aliphatic rings. The quantitative estimate of drug-likeness (QED) is 0.564. The minimum atomic E-state index is -0.418. The number of hydrogen-bond donors (Lipinski definition) is 1. The van der Waals surface area contributed by atoms with Crippen LogP contribution in [0.15, 0.2) is 48.5 Å². The lowest BCUT2D eigenvalue weighted by Gasteiger charge is -2.32. The maximum Gasteiger partial charge on any atom is 0.308 e. The van der Waals surface area contributed by atoms with E-state index in [0.29, 0.717) is 48.3 Å². The van der Waals surface area contributed by atoms with Gasteiger partial charge in [-0.3, -0.25) is 14.4 Å². The molecule has 6 nitrogen and oxygen atoms in total. The molecule has 2 aromatic rings. The van der Waals surface area contributed by atoms with E-state index in [0.717, 1.165) is 18.4 Å². The minimum absolute atomic E-state index is 0.0156. The molecule has 2 amide bonds. The molecule has 1 saturated heterocycles. The van der Waals surface area contributed by atoms with Crippen molar-refractivity contribution in [2.24, 2.45) is 5.92 Å². The molecule has 1 heterocycles. The third-order valence-corrected chi connectivity index (χ3v) is 5.36. The number of carbonyl (C=O) groups is 3. The molecule has 1 fully saturated rings. The molecule has 0 aliphatic carbocycles. The molecule has 1 N–H and O–H groups in total. The van der Waals surface area contributed by atoms with Gasteiger partial charge >= 0.3 is 5.97 Å². The smallest absolute Gasteiger partial charge is 0.308 e. The van der Waals surface area contributed by atoms with Crippen LogP contribution in [-0.4, -0.2) is 42.3 Å². The molecule has 158 valence electrons. The van der Waals surface area contributed by atoms with Crippen LogP contribution >= 0.6 is 11.6 Å². The van der Waals surface area contributed by atoms with Crippen LogP contribution in [-0.2, 0) is 16.0 Å². The van der Waals surface area contributed by atoms with E-state index in [2.05, 4.69) is 5.32 Å². The fourth-order valence-electron chi connectivity index (χ4n) is 3.49. The van der Waals surface area contributed by atoms with E-state index in [1.54, 1.807) is 41.3 Å². The Hall–Kier alpha value is -2.86. The summed E-state index contributed by atoms with van der Waals surface area (Å²) >= 11 is 5.86. The Labute approximate surface area is 181 Å². The van der Waals surface area contributed by atoms with E-state index in [-0.39, 0.29) is 11.8 Å². The normalized spacial score (nSPS) is 14.3. The highest BCUT2D eigenvalue weighted by molar-refractivity contribution is 6.30. The number of piperidine rings is 1. The van der Waals surface area contributed by atoms with E-state index in [4.69, 9.17) is 16.3 Å². The first-order valence-corrected chi connectivity index (χ1v) is 10.4. The summed E-state index contributed by atoms with van der Waals surface area (Å²) in [5.74, 6) is 0.202. The average Bonchev–Trinajstić information content (AvgIpc) is 2.73. The molecule has 0 saturated carbocycles. The zero-order chi connectivity index (χ0) is 21.5. The minimum Gasteiger partial charge on any atom is -0.427 e. The number of carbonyl (C=O) groups excluding carboxylic acids is 3. The lowest BCUT2D eigenvalue weighted by Crippen LogP contribution is -2.41. The third kappa shape index (κ3) is 6.32. The molecule has 3 rings (SSSR count). The van der Waals surface area contributed by atoms with E-state index < -0.39 is 5.97 Å². The molecule has 7 heteroatoms. The summed E-state index contributed by atoms with van der Waals surface area (Å²) in [6.45, 7) is 3.20. The molecular formula is C23H25ClN2O4. The zero-order valence-corrected chi connectivity index (χ0v) is 17.7. The fourth-order valence-corrected chi connectivity index (χ4v) is 3.62. The summed E-state index contributed by atoms with van der Waals surface area (Å²) in [5.41, 5.74) is 1.43. The molecule has 1 aliphatic heterocycles. The van der Waals surface area contributed by atoms with Crippen molar-refractivity contribution in [3.8, 4) is 5.75 Å². The first-order chi connectivity index (χ1) is 14.4. The van der Waals surface area contributed by atoms with Crippen molar-refractivity contribution in [2.45, 2.75) is 26.2 Å². The molecule has 30 heavy (non-hydrogen) atoms. The summed E-state index contributed by atoms with van der Waals surface area (Å²) in [5, 5.41) is 3.64. The van der Waals surface area contributed by atoms with Gasteiger partial charge in [0.25, 0.3) is 5.91 Å². The van der Waals surface area contributed by atoms with Gasteiger partial charge in [0.05, 0.1) is 6.42 Å². The highest BCUT2D eigenvalue weighted by atomic mass is 35.5. The number of nitrogens with zero attached hydrogens (tertiary/aromatic N) is 1. The highest BCUT2D eigenvalue weighted by Gasteiger charge is 2.24. The molecule has 0 bridgehead atoms. The van der Waals surface area contributed by atoms with Gasteiger partial charge in [0.15, 0.2) is 0 Å². The van der Waals surface area contributed by atoms with Crippen LogP contribution in [0.25, 0.3) is 0 Å². The molecule has 0 radical (unpaired) electrons. The van der Waals surface area contributed by atoms with Crippen molar-refractivity contribution < 1.29 is 19.1 Å². The average molecular weight is 429 g/mol. The summed E-state index contributed by atoms with van der Waals surface area (Å²) in [6, 6.07) is 13.9. The summed E-state index contributed by atoms with van der Waals surface area (Å²) < 4.78 is 5.06. The molecule has 0 spiro atoms. The van der Waals surface area contributed by atoms with Crippen LogP contribution in [0.1, 0.15) is 35.7 Å². The van der Waals surface area contributed by atoms with Gasteiger partial charge in [-0.2, -0.15) is 0 Å². The van der Waals surface area contributed by atoms with Gasteiger partial charge in [-0.05, 0) is 54.7 Å². The van der Waals surface area contributed by atoms with Gasteiger partial charge in [-0.15, -0.1) is 0 Å². The Bertz CT molecular complexity index is 906. The molecule has 2 aromatic carbocycles. The van der Waals surface area contributed by atoms with Crippen LogP contribution in [0.3, 0.4) is 0 Å². The number of likely N-dealkylation sites (tertiary alicyclic amines) is 1. The van der Waals surface area contributed by atoms with Crippen molar-refractivity contribution in [2.75, 3.05) is 19.6 Å². The Kier molecular flexibility index (Phi) is 7.46. The van der Waals surface area contributed by atoms with E-state index in [1.807, 2.05) is 12.1 Å². The number of amides is 2. The lowest BCUT2D eigenvalue weighted by atomic mass is 9.96. The number of nitrogens with one attached hydrogen (secondary N) is 1. The second kappa shape index (κ2) is 10.3. The fraction of sp³-hybridized carbons (Fsp3) is 0.348. The molecule has 0 unspecified atom stereocenters. The largest absolute Gasteiger partial charge is 0.427 e. The zero-order valence-electron chi connectivity index (χ0n) is 16.9. The Balaban J connectivity index is 1.44. The van der Waals surface area contributed by atoms with E-state index in [1.165, 1.54) is 6.92 Å². The highest BCUT2D eigenvalue weighted by Crippen LogP contribution is 2.21. The Morgan fingerprint density at radius 3 is 2.47 bits per heavy atom. The SMILES string of the molecule is CC(=O)Oc1cccc(C(=O)N2CCC(CNC(=O)Cc3ccc(Cl)cc3)CC2)c1. The van der Waals surface area contributed by atoms with Gasteiger partial charge in [-0.25, -0.2) is 0 Å². The second-order valence-electron chi connectivity index (χ2n) is 7.46. The van der Waals surface area contributed by atoms with Crippen LogP contribution in [0, 0.1) is 5.92 Å². The van der Waals surface area contributed by atoms with Gasteiger partial charge in [-0.1, -0.05) is 29.8 Å². The van der Waals surface area contributed by atoms with E-state index >= 15 is 0 Å². The maximum absolute atomic E-state index is 12.7. The summed E-state index contributed by atoms with van der Waals surface area (Å²) in [4.78, 5) is 37.8. The van der Waals surface area contributed by atoms with Crippen molar-refractivity contribution in [1.82, 2.24) is 10.2 Å². The van der Waals surface area contributed by atoms with Crippen molar-refractivity contribution in [3.63, 3.8) is 0 Å². The maximum atomic E-state index is 12.7. The first-order valence-electron chi connectivity index (χ1n) is 9.99. The summed E-state index contributed by atoms with van der Waals surface area (Å²) in [6.07, 6.45) is 1.99. The number of benzene rings is 2. The lowest BCUT2D eigenvalue weighted by molar-refractivity contribution is -0.131. The van der Waals surface area contributed by atoms with Gasteiger partial charge < -0.3 is 15.0 Å². The molecular weight excluding hydrogens is 404 g/mol. The standard InChI is InChI=1S/C23H25ClN2O4/c1-16(27)30-21-4-2-3-19(14-21)23(29)26-11-9-18(10-12-26)15-25-22(28)13-17-5-7-20(24)8-6-17/h2-8,14,18H,9-13,15H2,1H3,(H,25,28). The monoisotopic (exact) mass is 428 g/mol.